The third kappa shape index (κ3) is 4.42. The van der Waals surface area contributed by atoms with Gasteiger partial charge in [0.05, 0.1) is 22.4 Å². The van der Waals surface area contributed by atoms with Gasteiger partial charge in [0.25, 0.3) is 0 Å². The van der Waals surface area contributed by atoms with Crippen molar-refractivity contribution in [2.45, 2.75) is 19.4 Å². The topological polar surface area (TPSA) is 58.4 Å². The van der Waals surface area contributed by atoms with Gasteiger partial charge in [-0.15, -0.1) is 0 Å². The van der Waals surface area contributed by atoms with Crippen LogP contribution < -0.4 is 11.1 Å². The number of nitrogens with one attached hydrogen (secondary N) is 1. The molecule has 1 unspecified atom stereocenters. The van der Waals surface area contributed by atoms with E-state index < -0.39 is 0 Å². The number of carbonyl (C=O) groups is 1. The molecule has 1 heterocycles. The standard InChI is InChI=1S/C14H19Cl2N3OS/c1-9(19-3-2-5-21-6-4-19)14(20)18-13-11(16)7-10(15)8-12(13)17/h7-9H,2-6,17H2,1H3,(H,18,20). The van der Waals surface area contributed by atoms with Crippen molar-refractivity contribution >= 4 is 52.2 Å². The molecule has 1 aromatic carbocycles. The number of nitrogen functional groups attached to an aromatic ring is 1. The maximum Gasteiger partial charge on any atom is 0.241 e. The van der Waals surface area contributed by atoms with Crippen LogP contribution in [0.3, 0.4) is 0 Å². The van der Waals surface area contributed by atoms with Crippen LogP contribution in [0.15, 0.2) is 12.1 Å². The summed E-state index contributed by atoms with van der Waals surface area (Å²) in [6, 6.07) is 2.94. The normalized spacial score (nSPS) is 18.0. The van der Waals surface area contributed by atoms with E-state index in [0.29, 0.717) is 21.4 Å². The molecule has 0 spiro atoms. The van der Waals surface area contributed by atoms with Crippen LogP contribution in [-0.4, -0.2) is 41.4 Å². The van der Waals surface area contributed by atoms with Crippen molar-refractivity contribution in [2.24, 2.45) is 0 Å². The van der Waals surface area contributed by atoms with Gasteiger partial charge in [-0.05, 0) is 37.8 Å². The van der Waals surface area contributed by atoms with Crippen molar-refractivity contribution in [3.63, 3.8) is 0 Å². The Morgan fingerprint density at radius 1 is 1.38 bits per heavy atom. The zero-order valence-electron chi connectivity index (χ0n) is 11.9. The number of nitrogens with two attached hydrogens (primary N) is 1. The predicted octanol–water partition coefficient (Wildman–Crippen LogP) is 3.34. The quantitative estimate of drug-likeness (QED) is 0.823. The maximum atomic E-state index is 12.4. The number of benzene rings is 1. The van der Waals surface area contributed by atoms with Crippen LogP contribution >= 0.6 is 35.0 Å². The Bertz CT molecular complexity index is 496. The lowest BCUT2D eigenvalue weighted by Gasteiger charge is -2.26. The molecule has 1 aliphatic rings. The zero-order chi connectivity index (χ0) is 15.4. The molecule has 116 valence electrons. The monoisotopic (exact) mass is 347 g/mol. The largest absolute Gasteiger partial charge is 0.397 e. The Hall–Kier alpha value is -0.620. The summed E-state index contributed by atoms with van der Waals surface area (Å²) < 4.78 is 0. The van der Waals surface area contributed by atoms with Crippen LogP contribution in [0.5, 0.6) is 0 Å². The molecule has 0 aliphatic carbocycles. The highest BCUT2D eigenvalue weighted by Gasteiger charge is 2.23. The summed E-state index contributed by atoms with van der Waals surface area (Å²) in [6.45, 7) is 3.76. The first-order valence-corrected chi connectivity index (χ1v) is 8.77. The molecule has 1 amide bonds. The minimum Gasteiger partial charge on any atom is -0.397 e. The van der Waals surface area contributed by atoms with E-state index in [0.717, 1.165) is 31.0 Å². The molecule has 1 atom stereocenters. The van der Waals surface area contributed by atoms with Gasteiger partial charge >= 0.3 is 0 Å². The first-order valence-electron chi connectivity index (χ1n) is 6.86. The van der Waals surface area contributed by atoms with Gasteiger partial charge in [-0.1, -0.05) is 23.2 Å². The lowest BCUT2D eigenvalue weighted by molar-refractivity contribution is -0.120. The van der Waals surface area contributed by atoms with E-state index in [2.05, 4.69) is 10.2 Å². The first kappa shape index (κ1) is 16.7. The van der Waals surface area contributed by atoms with E-state index >= 15 is 0 Å². The molecule has 1 fully saturated rings. The molecule has 1 aliphatic heterocycles. The summed E-state index contributed by atoms with van der Waals surface area (Å²) in [4.78, 5) is 14.6. The van der Waals surface area contributed by atoms with Crippen LogP contribution in [0.2, 0.25) is 10.0 Å². The molecule has 4 nitrogen and oxygen atoms in total. The van der Waals surface area contributed by atoms with Crippen LogP contribution in [0.25, 0.3) is 0 Å². The van der Waals surface area contributed by atoms with Crippen molar-refractivity contribution in [1.82, 2.24) is 4.90 Å². The highest BCUT2D eigenvalue weighted by Crippen LogP contribution is 2.32. The fourth-order valence-corrected chi connectivity index (χ4v) is 3.73. The van der Waals surface area contributed by atoms with Crippen molar-refractivity contribution in [1.29, 1.82) is 0 Å². The van der Waals surface area contributed by atoms with E-state index in [9.17, 15) is 4.79 Å². The van der Waals surface area contributed by atoms with Crippen molar-refractivity contribution in [2.75, 3.05) is 35.6 Å². The van der Waals surface area contributed by atoms with Crippen LogP contribution in [0.1, 0.15) is 13.3 Å². The number of halogens is 2. The molecule has 2 rings (SSSR count). The van der Waals surface area contributed by atoms with Gasteiger partial charge in [0.2, 0.25) is 5.91 Å². The summed E-state index contributed by atoms with van der Waals surface area (Å²) >= 11 is 13.9. The van der Waals surface area contributed by atoms with Gasteiger partial charge in [-0.2, -0.15) is 11.8 Å². The number of rotatable bonds is 3. The Labute approximate surface area is 139 Å². The number of hydrogen-bond donors (Lipinski definition) is 2. The summed E-state index contributed by atoms with van der Waals surface area (Å²) in [5.41, 5.74) is 6.68. The van der Waals surface area contributed by atoms with Gasteiger partial charge in [0.1, 0.15) is 0 Å². The van der Waals surface area contributed by atoms with Crippen molar-refractivity contribution in [3.8, 4) is 0 Å². The molecule has 0 aromatic heterocycles. The van der Waals surface area contributed by atoms with Gasteiger partial charge in [0.15, 0.2) is 0 Å². The average Bonchev–Trinajstić information content (AvgIpc) is 2.70. The number of anilines is 2. The lowest BCUT2D eigenvalue weighted by Crippen LogP contribution is -2.43. The lowest BCUT2D eigenvalue weighted by atomic mass is 10.2. The average molecular weight is 348 g/mol. The molecule has 0 radical (unpaired) electrons. The molecular weight excluding hydrogens is 329 g/mol. The molecule has 0 bridgehead atoms. The molecule has 0 saturated carbocycles. The second-order valence-electron chi connectivity index (χ2n) is 5.02. The van der Waals surface area contributed by atoms with Crippen LogP contribution in [0, 0.1) is 0 Å². The summed E-state index contributed by atoms with van der Waals surface area (Å²) in [6.07, 6.45) is 1.10. The van der Waals surface area contributed by atoms with E-state index in [-0.39, 0.29) is 11.9 Å². The fourth-order valence-electron chi connectivity index (χ4n) is 2.27. The number of amides is 1. The summed E-state index contributed by atoms with van der Waals surface area (Å²) in [5, 5.41) is 3.63. The van der Waals surface area contributed by atoms with Gasteiger partial charge in [-0.3, -0.25) is 9.69 Å². The zero-order valence-corrected chi connectivity index (χ0v) is 14.2. The van der Waals surface area contributed by atoms with E-state index in [1.807, 2.05) is 18.7 Å². The number of nitrogens with zero attached hydrogens (tertiary/aromatic N) is 1. The first-order chi connectivity index (χ1) is 9.99. The Kier molecular flexibility index (Phi) is 6.05. The third-order valence-electron chi connectivity index (χ3n) is 3.52. The van der Waals surface area contributed by atoms with E-state index in [1.54, 1.807) is 12.1 Å². The highest BCUT2D eigenvalue weighted by molar-refractivity contribution is 7.99. The molecular formula is C14H19Cl2N3OS. The molecule has 7 heteroatoms. The SMILES string of the molecule is CC(C(=O)Nc1c(N)cc(Cl)cc1Cl)N1CCCSCC1. The highest BCUT2D eigenvalue weighted by atomic mass is 35.5. The predicted molar refractivity (Wildman–Crippen MR) is 92.5 cm³/mol. The second kappa shape index (κ2) is 7.58. The molecule has 3 N–H and O–H groups in total. The van der Waals surface area contributed by atoms with Crippen LogP contribution in [-0.2, 0) is 4.79 Å². The second-order valence-corrected chi connectivity index (χ2v) is 7.09. The van der Waals surface area contributed by atoms with E-state index in [1.165, 1.54) is 0 Å². The Morgan fingerprint density at radius 3 is 2.86 bits per heavy atom. The third-order valence-corrected chi connectivity index (χ3v) is 5.08. The number of thioether (sulfide) groups is 1. The van der Waals surface area contributed by atoms with Gasteiger partial charge in [0, 0.05) is 17.3 Å². The fraction of sp³-hybridized carbons (Fsp3) is 0.500. The summed E-state index contributed by atoms with van der Waals surface area (Å²) in [5.74, 6) is 2.11. The van der Waals surface area contributed by atoms with Crippen LogP contribution in [0.4, 0.5) is 11.4 Å². The minimum absolute atomic E-state index is 0.0992. The van der Waals surface area contributed by atoms with Gasteiger partial charge in [-0.25, -0.2) is 0 Å². The number of hydrogen-bond acceptors (Lipinski definition) is 4. The maximum absolute atomic E-state index is 12.4. The Morgan fingerprint density at radius 2 is 2.14 bits per heavy atom. The molecule has 1 saturated heterocycles. The Balaban J connectivity index is 2.06. The number of carbonyl (C=O) groups excluding carboxylic acids is 1. The minimum atomic E-state index is -0.213. The van der Waals surface area contributed by atoms with Crippen molar-refractivity contribution in [3.05, 3.63) is 22.2 Å². The molecule has 21 heavy (non-hydrogen) atoms. The van der Waals surface area contributed by atoms with E-state index in [4.69, 9.17) is 28.9 Å². The smallest absolute Gasteiger partial charge is 0.241 e. The van der Waals surface area contributed by atoms with Gasteiger partial charge < -0.3 is 11.1 Å². The van der Waals surface area contributed by atoms with Crippen molar-refractivity contribution < 1.29 is 4.79 Å². The summed E-state index contributed by atoms with van der Waals surface area (Å²) in [7, 11) is 0. The molecule has 1 aromatic rings.